The van der Waals surface area contributed by atoms with E-state index in [0.717, 1.165) is 23.0 Å². The second kappa shape index (κ2) is 5.88. The fourth-order valence-electron chi connectivity index (χ4n) is 1.63. The minimum absolute atomic E-state index is 0.130. The van der Waals surface area contributed by atoms with Crippen molar-refractivity contribution in [3.05, 3.63) is 29.8 Å². The molecule has 0 spiro atoms. The lowest BCUT2D eigenvalue weighted by Crippen LogP contribution is -2.26. The number of carbonyl (C=O) groups is 2. The number of methoxy groups -OCH3 is 1. The fourth-order valence-corrected chi connectivity index (χ4v) is 2.50. The van der Waals surface area contributed by atoms with Gasteiger partial charge in [0.05, 0.1) is 24.5 Å². The molecule has 0 radical (unpaired) electrons. The van der Waals surface area contributed by atoms with E-state index >= 15 is 0 Å². The Morgan fingerprint density at radius 1 is 1.42 bits per heavy atom. The molecule has 0 saturated carbocycles. The standard InChI is InChI=1S/C13H14N2O3S/c1-8-3-5-9(6-4-8)14-12-10(7-11(16)18-2)19-13(17)15-12/h3-6,10H,7H2,1-2H3,(H,14,15,17). The Bertz CT molecular complexity index is 525. The number of carbonyl (C=O) groups excluding carboxylic acids is 2. The van der Waals surface area contributed by atoms with Gasteiger partial charge in [-0.05, 0) is 19.1 Å². The van der Waals surface area contributed by atoms with E-state index < -0.39 is 0 Å². The van der Waals surface area contributed by atoms with Gasteiger partial charge >= 0.3 is 5.97 Å². The summed E-state index contributed by atoms with van der Waals surface area (Å²) in [4.78, 5) is 27.1. The summed E-state index contributed by atoms with van der Waals surface area (Å²) >= 11 is 1.06. The van der Waals surface area contributed by atoms with Gasteiger partial charge < -0.3 is 10.1 Å². The number of hydrogen-bond acceptors (Lipinski definition) is 5. The number of benzene rings is 1. The number of nitrogens with one attached hydrogen (secondary N) is 1. The van der Waals surface area contributed by atoms with Crippen molar-refractivity contribution >= 4 is 34.5 Å². The number of amides is 1. The summed E-state index contributed by atoms with van der Waals surface area (Å²) in [7, 11) is 1.33. The lowest BCUT2D eigenvalue weighted by molar-refractivity contribution is -0.140. The highest BCUT2D eigenvalue weighted by molar-refractivity contribution is 8.15. The maximum Gasteiger partial charge on any atom is 0.307 e. The molecule has 1 aromatic rings. The summed E-state index contributed by atoms with van der Waals surface area (Å²) in [5.41, 5.74) is 1.89. The molecule has 1 atom stereocenters. The summed E-state index contributed by atoms with van der Waals surface area (Å²) in [6, 6.07) is 7.62. The third kappa shape index (κ3) is 3.57. The average Bonchev–Trinajstić information content (AvgIpc) is 2.72. The van der Waals surface area contributed by atoms with Crippen molar-refractivity contribution in [2.45, 2.75) is 18.6 Å². The Morgan fingerprint density at radius 3 is 2.74 bits per heavy atom. The second-order valence-corrected chi connectivity index (χ2v) is 5.31. The minimum atomic E-state index is -0.356. The molecule has 0 aromatic heterocycles. The van der Waals surface area contributed by atoms with Gasteiger partial charge in [-0.15, -0.1) is 0 Å². The van der Waals surface area contributed by atoms with Crippen molar-refractivity contribution in [1.82, 2.24) is 5.32 Å². The molecule has 1 aromatic carbocycles. The van der Waals surface area contributed by atoms with E-state index in [1.165, 1.54) is 7.11 Å². The van der Waals surface area contributed by atoms with Crippen LogP contribution in [0.15, 0.2) is 29.3 Å². The molecule has 1 amide bonds. The SMILES string of the molecule is COC(=O)CC1SC(=O)NC1=Nc1ccc(C)cc1. The molecule has 1 saturated heterocycles. The first kappa shape index (κ1) is 13.6. The van der Waals surface area contributed by atoms with Crippen LogP contribution in [0.3, 0.4) is 0 Å². The van der Waals surface area contributed by atoms with Gasteiger partial charge in [0.25, 0.3) is 5.24 Å². The largest absolute Gasteiger partial charge is 0.469 e. The molecular weight excluding hydrogens is 264 g/mol. The van der Waals surface area contributed by atoms with Crippen molar-refractivity contribution in [1.29, 1.82) is 0 Å². The number of aryl methyl sites for hydroxylation is 1. The van der Waals surface area contributed by atoms with Crippen LogP contribution >= 0.6 is 11.8 Å². The molecule has 19 heavy (non-hydrogen) atoms. The first-order valence-corrected chi connectivity index (χ1v) is 6.66. The number of ether oxygens (including phenoxy) is 1. The number of aliphatic imine (C=N–C) groups is 1. The molecule has 1 aliphatic heterocycles. The lowest BCUT2D eigenvalue weighted by Gasteiger charge is -2.07. The highest BCUT2D eigenvalue weighted by Crippen LogP contribution is 2.25. The van der Waals surface area contributed by atoms with Crippen molar-refractivity contribution < 1.29 is 14.3 Å². The molecule has 2 rings (SSSR count). The van der Waals surface area contributed by atoms with E-state index in [4.69, 9.17) is 0 Å². The molecule has 1 N–H and O–H groups in total. The van der Waals surface area contributed by atoms with Gasteiger partial charge in [-0.3, -0.25) is 9.59 Å². The van der Waals surface area contributed by atoms with Crippen molar-refractivity contribution in [3.63, 3.8) is 0 Å². The molecule has 1 aliphatic rings. The molecule has 6 heteroatoms. The van der Waals surface area contributed by atoms with Gasteiger partial charge in [-0.1, -0.05) is 29.5 Å². The van der Waals surface area contributed by atoms with E-state index in [1.54, 1.807) is 0 Å². The zero-order chi connectivity index (χ0) is 13.8. The number of thioether (sulfide) groups is 1. The van der Waals surface area contributed by atoms with Crippen LogP contribution in [0.1, 0.15) is 12.0 Å². The van der Waals surface area contributed by atoms with Gasteiger partial charge in [0.15, 0.2) is 0 Å². The first-order chi connectivity index (χ1) is 9.08. The summed E-state index contributed by atoms with van der Waals surface area (Å²) in [5, 5.41) is 2.16. The lowest BCUT2D eigenvalue weighted by atomic mass is 10.2. The quantitative estimate of drug-likeness (QED) is 0.862. The minimum Gasteiger partial charge on any atom is -0.469 e. The van der Waals surface area contributed by atoms with Gasteiger partial charge in [-0.2, -0.15) is 0 Å². The molecule has 1 unspecified atom stereocenters. The Labute approximate surface area is 115 Å². The van der Waals surface area contributed by atoms with Gasteiger partial charge in [0.2, 0.25) is 0 Å². The number of rotatable bonds is 3. The normalized spacial score (nSPS) is 20.4. The highest BCUT2D eigenvalue weighted by Gasteiger charge is 2.31. The molecular formula is C13H14N2O3S. The molecule has 100 valence electrons. The maximum absolute atomic E-state index is 11.4. The van der Waals surface area contributed by atoms with Crippen LogP contribution in [0, 0.1) is 6.92 Å². The highest BCUT2D eigenvalue weighted by atomic mass is 32.2. The topological polar surface area (TPSA) is 67.8 Å². The number of hydrogen-bond donors (Lipinski definition) is 1. The first-order valence-electron chi connectivity index (χ1n) is 5.78. The Kier molecular flexibility index (Phi) is 4.21. The summed E-state index contributed by atoms with van der Waals surface area (Å²) < 4.78 is 4.62. The summed E-state index contributed by atoms with van der Waals surface area (Å²) in [6.45, 7) is 1.99. The Balaban J connectivity index is 2.18. The van der Waals surface area contributed by atoms with Crippen LogP contribution in [0.4, 0.5) is 10.5 Å². The Hall–Kier alpha value is -1.82. The average molecular weight is 278 g/mol. The van der Waals surface area contributed by atoms with Crippen LogP contribution < -0.4 is 5.32 Å². The van der Waals surface area contributed by atoms with Crippen LogP contribution in [-0.2, 0) is 9.53 Å². The third-order valence-corrected chi connectivity index (χ3v) is 3.64. The van der Waals surface area contributed by atoms with Gasteiger partial charge in [0, 0.05) is 0 Å². The third-order valence-electron chi connectivity index (χ3n) is 2.65. The van der Waals surface area contributed by atoms with Gasteiger partial charge in [0.1, 0.15) is 5.84 Å². The van der Waals surface area contributed by atoms with Crippen LogP contribution in [0.2, 0.25) is 0 Å². The van der Waals surface area contributed by atoms with Crippen LogP contribution in [0.25, 0.3) is 0 Å². The van der Waals surface area contributed by atoms with Crippen LogP contribution in [-0.4, -0.2) is 29.4 Å². The smallest absolute Gasteiger partial charge is 0.307 e. The zero-order valence-electron chi connectivity index (χ0n) is 10.7. The molecule has 1 fully saturated rings. The zero-order valence-corrected chi connectivity index (χ0v) is 11.5. The summed E-state index contributed by atoms with van der Waals surface area (Å²) in [6.07, 6.45) is 0.130. The van der Waals surface area contributed by atoms with Crippen LogP contribution in [0.5, 0.6) is 0 Å². The molecule has 0 aliphatic carbocycles. The molecule has 0 bridgehead atoms. The predicted molar refractivity (Wildman–Crippen MR) is 74.8 cm³/mol. The number of esters is 1. The summed E-state index contributed by atoms with van der Waals surface area (Å²) in [5.74, 6) is 0.148. The predicted octanol–water partition coefficient (Wildman–Crippen LogP) is 2.41. The van der Waals surface area contributed by atoms with E-state index in [2.05, 4.69) is 15.0 Å². The van der Waals surface area contributed by atoms with Crippen molar-refractivity contribution in [3.8, 4) is 0 Å². The fraction of sp³-hybridized carbons (Fsp3) is 0.308. The van der Waals surface area contributed by atoms with E-state index in [9.17, 15) is 9.59 Å². The molecule has 5 nitrogen and oxygen atoms in total. The van der Waals surface area contributed by atoms with E-state index in [0.29, 0.717) is 5.84 Å². The van der Waals surface area contributed by atoms with Crippen molar-refractivity contribution in [2.24, 2.45) is 4.99 Å². The Morgan fingerprint density at radius 2 is 2.11 bits per heavy atom. The maximum atomic E-state index is 11.4. The molecule has 1 heterocycles. The monoisotopic (exact) mass is 278 g/mol. The second-order valence-electron chi connectivity index (χ2n) is 4.13. The van der Waals surface area contributed by atoms with Crippen molar-refractivity contribution in [2.75, 3.05) is 7.11 Å². The number of amidine groups is 1. The van der Waals surface area contributed by atoms with Gasteiger partial charge in [-0.25, -0.2) is 4.99 Å². The number of nitrogens with zero attached hydrogens (tertiary/aromatic N) is 1. The van der Waals surface area contributed by atoms with E-state index in [1.807, 2.05) is 31.2 Å². The van der Waals surface area contributed by atoms with E-state index in [-0.39, 0.29) is 22.9 Å².